The standard InChI is InChI=1S/C16H27N3/c1-11-6-12(17)9-18-14(11)19-13-7-15(2,3)10-16(4,5)8-13/h6,9,13H,7-8,10,17H2,1-5H3,(H,18,19). The molecule has 1 aliphatic rings. The van der Waals surface area contributed by atoms with Gasteiger partial charge >= 0.3 is 0 Å². The van der Waals surface area contributed by atoms with Crippen LogP contribution >= 0.6 is 0 Å². The maximum Gasteiger partial charge on any atom is 0.129 e. The molecule has 0 amide bonds. The fraction of sp³-hybridized carbons (Fsp3) is 0.688. The molecule has 0 unspecified atom stereocenters. The lowest BCUT2D eigenvalue weighted by Crippen LogP contribution is -2.40. The third kappa shape index (κ3) is 3.62. The van der Waals surface area contributed by atoms with Crippen LogP contribution in [0.5, 0.6) is 0 Å². The van der Waals surface area contributed by atoms with Crippen molar-refractivity contribution in [1.82, 2.24) is 4.98 Å². The zero-order valence-corrected chi connectivity index (χ0v) is 12.9. The maximum atomic E-state index is 5.76. The first-order valence-electron chi connectivity index (χ1n) is 7.16. The number of pyridine rings is 1. The molecule has 0 saturated heterocycles. The number of aryl methyl sites for hydroxylation is 1. The molecular weight excluding hydrogens is 234 g/mol. The highest BCUT2D eigenvalue weighted by Gasteiger charge is 2.38. The van der Waals surface area contributed by atoms with Gasteiger partial charge in [0.25, 0.3) is 0 Å². The largest absolute Gasteiger partial charge is 0.397 e. The third-order valence-electron chi connectivity index (χ3n) is 4.00. The van der Waals surface area contributed by atoms with Crippen molar-refractivity contribution in [2.45, 2.75) is 59.9 Å². The minimum Gasteiger partial charge on any atom is -0.397 e. The van der Waals surface area contributed by atoms with Gasteiger partial charge in [-0.25, -0.2) is 4.98 Å². The van der Waals surface area contributed by atoms with Crippen LogP contribution in [0.1, 0.15) is 52.5 Å². The molecule has 0 spiro atoms. The number of aromatic nitrogens is 1. The Morgan fingerprint density at radius 2 is 1.79 bits per heavy atom. The Morgan fingerprint density at radius 1 is 1.21 bits per heavy atom. The van der Waals surface area contributed by atoms with E-state index in [2.05, 4.69) is 44.9 Å². The summed E-state index contributed by atoms with van der Waals surface area (Å²) in [6.07, 6.45) is 5.41. The summed E-state index contributed by atoms with van der Waals surface area (Å²) in [5.74, 6) is 0.979. The molecule has 1 heterocycles. The van der Waals surface area contributed by atoms with Crippen molar-refractivity contribution in [2.24, 2.45) is 10.8 Å². The lowest BCUT2D eigenvalue weighted by Gasteiger charge is -2.45. The Labute approximate surface area is 117 Å². The Morgan fingerprint density at radius 3 is 2.32 bits per heavy atom. The van der Waals surface area contributed by atoms with E-state index in [1.165, 1.54) is 19.3 Å². The second-order valence-corrected chi connectivity index (χ2v) is 7.69. The zero-order chi connectivity index (χ0) is 14.3. The van der Waals surface area contributed by atoms with E-state index in [1.54, 1.807) is 6.20 Å². The second-order valence-electron chi connectivity index (χ2n) is 7.69. The van der Waals surface area contributed by atoms with Gasteiger partial charge in [0, 0.05) is 6.04 Å². The monoisotopic (exact) mass is 261 g/mol. The van der Waals surface area contributed by atoms with Crippen molar-refractivity contribution in [3.8, 4) is 0 Å². The van der Waals surface area contributed by atoms with E-state index in [0.717, 1.165) is 17.1 Å². The van der Waals surface area contributed by atoms with E-state index in [-0.39, 0.29) is 0 Å². The van der Waals surface area contributed by atoms with E-state index in [0.29, 0.717) is 16.9 Å². The van der Waals surface area contributed by atoms with Crippen LogP contribution in [0.2, 0.25) is 0 Å². The van der Waals surface area contributed by atoms with Crippen molar-refractivity contribution in [3.05, 3.63) is 17.8 Å². The Bertz CT molecular complexity index is 447. The highest BCUT2D eigenvalue weighted by molar-refractivity contribution is 5.51. The van der Waals surface area contributed by atoms with Gasteiger partial charge in [-0.3, -0.25) is 0 Å². The number of rotatable bonds is 2. The van der Waals surface area contributed by atoms with Gasteiger partial charge in [-0.05, 0) is 48.6 Å². The number of nitrogens with two attached hydrogens (primary N) is 1. The van der Waals surface area contributed by atoms with Crippen LogP contribution in [-0.4, -0.2) is 11.0 Å². The van der Waals surface area contributed by atoms with E-state index in [9.17, 15) is 0 Å². The number of nitrogens with zero attached hydrogens (tertiary/aromatic N) is 1. The molecule has 0 bridgehead atoms. The summed E-state index contributed by atoms with van der Waals surface area (Å²) in [6.45, 7) is 11.5. The molecule has 106 valence electrons. The van der Waals surface area contributed by atoms with Gasteiger partial charge in [-0.1, -0.05) is 27.7 Å². The molecular formula is C16H27N3. The molecule has 1 aromatic heterocycles. The van der Waals surface area contributed by atoms with E-state index < -0.39 is 0 Å². The van der Waals surface area contributed by atoms with Gasteiger partial charge in [0.05, 0.1) is 11.9 Å². The normalized spacial score (nSPS) is 22.2. The number of nitrogen functional groups attached to an aromatic ring is 1. The molecule has 0 aliphatic heterocycles. The summed E-state index contributed by atoms with van der Waals surface area (Å²) < 4.78 is 0. The minimum absolute atomic E-state index is 0.390. The van der Waals surface area contributed by atoms with Crippen LogP contribution in [0.4, 0.5) is 11.5 Å². The van der Waals surface area contributed by atoms with Crippen LogP contribution in [0.25, 0.3) is 0 Å². The Kier molecular flexibility index (Phi) is 3.50. The van der Waals surface area contributed by atoms with Gasteiger partial charge in [-0.15, -0.1) is 0 Å². The summed E-state index contributed by atoms with van der Waals surface area (Å²) in [5, 5.41) is 3.62. The predicted octanol–water partition coefficient (Wildman–Crippen LogP) is 3.99. The van der Waals surface area contributed by atoms with E-state index in [4.69, 9.17) is 5.73 Å². The third-order valence-corrected chi connectivity index (χ3v) is 4.00. The molecule has 3 N–H and O–H groups in total. The summed E-state index contributed by atoms with van der Waals surface area (Å²) >= 11 is 0. The molecule has 1 saturated carbocycles. The maximum absolute atomic E-state index is 5.76. The molecule has 19 heavy (non-hydrogen) atoms. The summed E-state index contributed by atoms with van der Waals surface area (Å²) in [6, 6.07) is 2.47. The number of hydrogen-bond donors (Lipinski definition) is 2. The molecule has 0 radical (unpaired) electrons. The van der Waals surface area contributed by atoms with Gasteiger partial charge in [0.1, 0.15) is 5.82 Å². The minimum atomic E-state index is 0.390. The zero-order valence-electron chi connectivity index (χ0n) is 12.9. The van der Waals surface area contributed by atoms with Crippen molar-refractivity contribution < 1.29 is 0 Å². The van der Waals surface area contributed by atoms with Crippen LogP contribution in [0, 0.1) is 17.8 Å². The highest BCUT2D eigenvalue weighted by atomic mass is 15.0. The molecule has 2 rings (SSSR count). The summed E-state index contributed by atoms with van der Waals surface area (Å²) in [5.41, 5.74) is 8.39. The van der Waals surface area contributed by atoms with Crippen molar-refractivity contribution in [3.63, 3.8) is 0 Å². The predicted molar refractivity (Wildman–Crippen MR) is 82.2 cm³/mol. The quantitative estimate of drug-likeness (QED) is 0.846. The number of anilines is 2. The Balaban J connectivity index is 2.14. The van der Waals surface area contributed by atoms with Crippen LogP contribution < -0.4 is 11.1 Å². The first-order chi connectivity index (χ1) is 8.67. The molecule has 0 atom stereocenters. The lowest BCUT2D eigenvalue weighted by atomic mass is 9.63. The van der Waals surface area contributed by atoms with Crippen LogP contribution in [0.3, 0.4) is 0 Å². The van der Waals surface area contributed by atoms with Gasteiger partial charge in [0.2, 0.25) is 0 Å². The topological polar surface area (TPSA) is 50.9 Å². The number of nitrogens with one attached hydrogen (secondary N) is 1. The fourth-order valence-corrected chi connectivity index (χ4v) is 3.89. The molecule has 1 fully saturated rings. The molecule has 1 aromatic rings. The molecule has 3 heteroatoms. The van der Waals surface area contributed by atoms with Gasteiger partial charge in [-0.2, -0.15) is 0 Å². The van der Waals surface area contributed by atoms with Crippen LogP contribution in [-0.2, 0) is 0 Å². The second kappa shape index (κ2) is 4.69. The van der Waals surface area contributed by atoms with Crippen LogP contribution in [0.15, 0.2) is 12.3 Å². The SMILES string of the molecule is Cc1cc(N)cnc1NC1CC(C)(C)CC(C)(C)C1. The van der Waals surface area contributed by atoms with E-state index >= 15 is 0 Å². The fourth-order valence-electron chi connectivity index (χ4n) is 3.89. The van der Waals surface area contributed by atoms with Crippen molar-refractivity contribution in [2.75, 3.05) is 11.1 Å². The van der Waals surface area contributed by atoms with Crippen molar-refractivity contribution in [1.29, 1.82) is 0 Å². The summed E-state index contributed by atoms with van der Waals surface area (Å²) in [4.78, 5) is 4.43. The van der Waals surface area contributed by atoms with Gasteiger partial charge < -0.3 is 11.1 Å². The van der Waals surface area contributed by atoms with E-state index in [1.807, 2.05) is 6.07 Å². The first-order valence-corrected chi connectivity index (χ1v) is 7.16. The molecule has 1 aliphatic carbocycles. The highest BCUT2D eigenvalue weighted by Crippen LogP contribution is 2.46. The first kappa shape index (κ1) is 14.2. The molecule has 3 nitrogen and oxygen atoms in total. The smallest absolute Gasteiger partial charge is 0.129 e. The van der Waals surface area contributed by atoms with Crippen molar-refractivity contribution >= 4 is 11.5 Å². The average molecular weight is 261 g/mol. The average Bonchev–Trinajstić information content (AvgIpc) is 2.17. The lowest BCUT2D eigenvalue weighted by molar-refractivity contribution is 0.105. The number of hydrogen-bond acceptors (Lipinski definition) is 3. The summed E-state index contributed by atoms with van der Waals surface area (Å²) in [7, 11) is 0. The molecule has 0 aromatic carbocycles. The Hall–Kier alpha value is -1.25. The van der Waals surface area contributed by atoms with Gasteiger partial charge in [0.15, 0.2) is 0 Å².